The highest BCUT2D eigenvalue weighted by molar-refractivity contribution is 8.31. The van der Waals surface area contributed by atoms with Gasteiger partial charge in [0.05, 0.1) is 5.69 Å². The monoisotopic (exact) mass is 440 g/mol. The number of para-hydroxylation sites is 1. The van der Waals surface area contributed by atoms with Crippen molar-refractivity contribution in [3.8, 4) is 5.69 Å². The van der Waals surface area contributed by atoms with Crippen molar-refractivity contribution in [3.05, 3.63) is 74.8 Å². The lowest BCUT2D eigenvalue weighted by atomic mass is 10.2. The second kappa shape index (κ2) is 7.51. The largest absolute Gasteiger partial charge is 0.494 e. The molecule has 0 bridgehead atoms. The van der Waals surface area contributed by atoms with Gasteiger partial charge in [-0.15, -0.1) is 11.3 Å². The Morgan fingerprint density at radius 2 is 1.76 bits per heavy atom. The van der Waals surface area contributed by atoms with Crippen LogP contribution >= 0.6 is 35.3 Å². The maximum absolute atomic E-state index is 13.3. The molecule has 9 heteroatoms. The van der Waals surface area contributed by atoms with Crippen LogP contribution in [0.15, 0.2) is 54.6 Å². The number of hydrogen-bond acceptors (Lipinski definition) is 7. The maximum Gasteiger partial charge on any atom is 0.273 e. The molecule has 0 saturated carbocycles. The molecule has 2 aromatic carbocycles. The Balaban J connectivity index is 1.99. The fourth-order valence-electron chi connectivity index (χ4n) is 2.95. The van der Waals surface area contributed by atoms with Gasteiger partial charge in [0.25, 0.3) is 5.91 Å². The number of rotatable bonds is 2. The number of nitrogens with two attached hydrogens (primary N) is 1. The molecule has 4 rings (SSSR count). The van der Waals surface area contributed by atoms with E-state index in [1.807, 2.05) is 61.5 Å². The number of benzene rings is 2. The lowest BCUT2D eigenvalue weighted by molar-refractivity contribution is -0.112. The number of carbonyl (C=O) groups is 1. The summed E-state index contributed by atoms with van der Waals surface area (Å²) >= 11 is 7.74. The molecule has 1 aromatic heterocycles. The van der Waals surface area contributed by atoms with E-state index in [4.69, 9.17) is 23.4 Å². The molecule has 0 aliphatic carbocycles. The summed E-state index contributed by atoms with van der Waals surface area (Å²) < 4.78 is 2.71. The summed E-state index contributed by atoms with van der Waals surface area (Å²) in [7, 11) is 0. The number of thiazole rings is 1. The number of thiocarbonyl (C=S) groups is 1. The van der Waals surface area contributed by atoms with Crippen molar-refractivity contribution in [2.24, 2.45) is 5.73 Å². The minimum Gasteiger partial charge on any atom is -0.494 e. The minimum absolute atomic E-state index is 0.0109. The van der Waals surface area contributed by atoms with Gasteiger partial charge in [0.1, 0.15) is 14.1 Å². The van der Waals surface area contributed by atoms with Crippen LogP contribution in [-0.2, 0) is 4.79 Å². The third kappa shape index (κ3) is 3.37. The van der Waals surface area contributed by atoms with E-state index in [1.54, 1.807) is 4.57 Å². The molecule has 6 nitrogen and oxygen atoms in total. The van der Waals surface area contributed by atoms with Crippen LogP contribution in [0.4, 0.5) is 5.69 Å². The lowest BCUT2D eigenvalue weighted by Gasteiger charge is -2.14. The lowest BCUT2D eigenvalue weighted by Crippen LogP contribution is -2.34. The van der Waals surface area contributed by atoms with Gasteiger partial charge in [0, 0.05) is 5.69 Å². The summed E-state index contributed by atoms with van der Waals surface area (Å²) in [6.07, 6.45) is 0. The number of thioether (sulfide) groups is 1. The topological polar surface area (TPSA) is 95.3 Å². The zero-order valence-corrected chi connectivity index (χ0v) is 17.7. The molecule has 0 spiro atoms. The van der Waals surface area contributed by atoms with Gasteiger partial charge < -0.3 is 10.8 Å². The number of carbonyl (C=O) groups excluding carboxylic acids is 1. The Morgan fingerprint density at radius 1 is 1.10 bits per heavy atom. The Labute approximate surface area is 179 Å². The minimum atomic E-state index is -0.454. The Morgan fingerprint density at radius 3 is 2.38 bits per heavy atom. The van der Waals surface area contributed by atoms with E-state index in [0.29, 0.717) is 25.3 Å². The number of anilines is 1. The predicted molar refractivity (Wildman–Crippen MR) is 121 cm³/mol. The van der Waals surface area contributed by atoms with Crippen LogP contribution in [0.25, 0.3) is 16.5 Å². The van der Waals surface area contributed by atoms with E-state index in [9.17, 15) is 9.90 Å². The molecule has 0 unspecified atom stereocenters. The van der Waals surface area contributed by atoms with Crippen molar-refractivity contribution in [2.75, 3.05) is 4.90 Å². The Hall–Kier alpha value is -2.88. The molecule has 1 saturated heterocycles. The summed E-state index contributed by atoms with van der Waals surface area (Å²) in [6.45, 7) is 1.97. The smallest absolute Gasteiger partial charge is 0.273 e. The molecule has 3 aromatic rings. The number of aromatic nitrogens is 1. The molecule has 0 radical (unpaired) electrons. The van der Waals surface area contributed by atoms with Crippen molar-refractivity contribution in [2.45, 2.75) is 6.92 Å². The molecular weight excluding hydrogens is 424 g/mol. The van der Waals surface area contributed by atoms with Crippen LogP contribution in [0, 0.1) is 12.3 Å². The summed E-state index contributed by atoms with van der Waals surface area (Å²) in [5.74, 6) is -0.720. The number of aryl methyl sites for hydroxylation is 1. The molecule has 1 fully saturated rings. The summed E-state index contributed by atoms with van der Waals surface area (Å²) in [5, 5.41) is 18.3. The maximum atomic E-state index is 13.3. The van der Waals surface area contributed by atoms with Gasteiger partial charge in [-0.25, -0.2) is 0 Å². The number of amides is 1. The van der Waals surface area contributed by atoms with Gasteiger partial charge in [0.15, 0.2) is 9.81 Å². The molecule has 1 aliphatic rings. The van der Waals surface area contributed by atoms with Crippen molar-refractivity contribution in [1.82, 2.24) is 4.57 Å². The first-order valence-corrected chi connectivity index (χ1v) is 10.6. The van der Waals surface area contributed by atoms with E-state index in [2.05, 4.69) is 0 Å². The van der Waals surface area contributed by atoms with E-state index in [-0.39, 0.29) is 15.9 Å². The van der Waals surface area contributed by atoms with Gasteiger partial charge in [-0.3, -0.25) is 19.7 Å². The van der Waals surface area contributed by atoms with E-state index >= 15 is 0 Å². The Bertz CT molecular complexity index is 1300. The highest BCUT2D eigenvalue weighted by atomic mass is 32.2. The standard InChI is InChI=1S/C20H16N4O2S3/c1-11-7-9-13(10-8-11)24-18(26)15(29-20(24)27)19-23(12-5-3-2-4-6-12)16(21)14(28-19)17(22)25/h2-10,21,25H,22H2,1H3/b17-14+,19-15+,21-16?. The van der Waals surface area contributed by atoms with Gasteiger partial charge in [-0.2, -0.15) is 0 Å². The van der Waals surface area contributed by atoms with Crippen LogP contribution in [0.3, 0.4) is 0 Å². The molecule has 1 aliphatic heterocycles. The van der Waals surface area contributed by atoms with Crippen LogP contribution in [-0.4, -0.2) is 19.9 Å². The fraction of sp³-hybridized carbons (Fsp3) is 0.0500. The summed E-state index contributed by atoms with van der Waals surface area (Å²) in [6, 6.07) is 16.7. The molecule has 0 atom stereocenters. The average molecular weight is 441 g/mol. The number of aliphatic hydroxyl groups is 1. The first-order valence-electron chi connectivity index (χ1n) is 8.56. The summed E-state index contributed by atoms with van der Waals surface area (Å²) in [5.41, 5.74) is 8.06. The van der Waals surface area contributed by atoms with Gasteiger partial charge >= 0.3 is 0 Å². The first-order chi connectivity index (χ1) is 13.9. The van der Waals surface area contributed by atoms with Crippen LogP contribution in [0.2, 0.25) is 0 Å². The van der Waals surface area contributed by atoms with Gasteiger partial charge in [-0.05, 0) is 31.2 Å². The van der Waals surface area contributed by atoms with Crippen molar-refractivity contribution >= 4 is 62.0 Å². The second-order valence-electron chi connectivity index (χ2n) is 6.31. The van der Waals surface area contributed by atoms with Gasteiger partial charge in [-0.1, -0.05) is 59.9 Å². The van der Waals surface area contributed by atoms with Crippen molar-refractivity contribution < 1.29 is 9.90 Å². The van der Waals surface area contributed by atoms with Crippen molar-refractivity contribution in [1.29, 1.82) is 5.41 Å². The van der Waals surface area contributed by atoms with E-state index in [0.717, 1.165) is 16.9 Å². The normalized spacial score (nSPS) is 17.1. The molecular formula is C20H16N4O2S3. The van der Waals surface area contributed by atoms with E-state index < -0.39 is 5.88 Å². The predicted octanol–water partition coefficient (Wildman–Crippen LogP) is 2.08. The second-order valence-corrected chi connectivity index (χ2v) is 8.96. The number of aliphatic hydroxyl groups excluding tert-OH is 1. The highest BCUT2D eigenvalue weighted by Crippen LogP contribution is 2.35. The molecule has 2 heterocycles. The molecule has 4 N–H and O–H groups in total. The first kappa shape index (κ1) is 19.4. The number of nitrogens with one attached hydrogen (secondary N) is 1. The Kier molecular flexibility index (Phi) is 5.03. The van der Waals surface area contributed by atoms with Gasteiger partial charge in [0.2, 0.25) is 5.88 Å². The zero-order valence-electron chi connectivity index (χ0n) is 15.2. The SMILES string of the molecule is Cc1ccc(N2C(=O)/C(=c3\s/c(=C(\N)O)c(=N)n3-c3ccccc3)SC2=S)cc1. The third-order valence-electron chi connectivity index (χ3n) is 4.34. The van der Waals surface area contributed by atoms with Crippen LogP contribution < -0.4 is 25.3 Å². The van der Waals surface area contributed by atoms with Crippen LogP contribution in [0.1, 0.15) is 5.56 Å². The number of hydrogen-bond donors (Lipinski definition) is 3. The third-order valence-corrected chi connectivity index (χ3v) is 7.02. The van der Waals surface area contributed by atoms with Crippen LogP contribution in [0.5, 0.6) is 0 Å². The quantitative estimate of drug-likeness (QED) is 0.531. The highest BCUT2D eigenvalue weighted by Gasteiger charge is 2.35. The van der Waals surface area contributed by atoms with E-state index in [1.165, 1.54) is 16.7 Å². The molecule has 146 valence electrons. The van der Waals surface area contributed by atoms with Crippen molar-refractivity contribution in [3.63, 3.8) is 0 Å². The fourth-order valence-corrected chi connectivity index (χ4v) is 5.40. The molecule has 1 amide bonds. The number of nitrogens with zero attached hydrogens (tertiary/aromatic N) is 2. The zero-order chi connectivity index (χ0) is 20.7. The summed E-state index contributed by atoms with van der Waals surface area (Å²) in [4.78, 5) is 15.2. The average Bonchev–Trinajstić information content (AvgIpc) is 3.19. The molecule has 29 heavy (non-hydrogen) atoms.